The van der Waals surface area contributed by atoms with Crippen molar-refractivity contribution in [2.45, 2.75) is 13.3 Å². The number of para-hydroxylation sites is 2. The Morgan fingerprint density at radius 2 is 1.94 bits per heavy atom. The molecule has 0 atom stereocenters. The van der Waals surface area contributed by atoms with E-state index >= 15 is 0 Å². The van der Waals surface area contributed by atoms with Crippen molar-refractivity contribution < 1.29 is 4.39 Å². The molecule has 0 fully saturated rings. The molecule has 2 aromatic carbocycles. The van der Waals surface area contributed by atoms with Crippen LogP contribution < -0.4 is 11.1 Å². The molecular weight excluding hydrogens is 227 g/mol. The van der Waals surface area contributed by atoms with Crippen LogP contribution in [0.1, 0.15) is 11.1 Å². The molecule has 0 aliphatic heterocycles. The van der Waals surface area contributed by atoms with Gasteiger partial charge in [-0.15, -0.1) is 0 Å². The quantitative estimate of drug-likeness (QED) is 0.809. The van der Waals surface area contributed by atoms with E-state index in [4.69, 9.17) is 5.73 Å². The maximum Gasteiger partial charge on any atom is 0.123 e. The first kappa shape index (κ1) is 12.4. The van der Waals surface area contributed by atoms with E-state index in [-0.39, 0.29) is 5.82 Å². The van der Waals surface area contributed by atoms with Crippen LogP contribution in [0.5, 0.6) is 0 Å². The number of nitrogens with two attached hydrogens (primary N) is 1. The van der Waals surface area contributed by atoms with Crippen LogP contribution in [0.3, 0.4) is 0 Å². The molecule has 0 radical (unpaired) electrons. The summed E-state index contributed by atoms with van der Waals surface area (Å²) < 4.78 is 13.0. The lowest BCUT2D eigenvalue weighted by Gasteiger charge is -2.10. The molecule has 2 aromatic rings. The van der Waals surface area contributed by atoms with Gasteiger partial charge in [-0.05, 0) is 48.7 Å². The highest BCUT2D eigenvalue weighted by molar-refractivity contribution is 5.65. The SMILES string of the molecule is Cc1cc(F)ccc1CCNc1ccccc1N. The predicted molar refractivity (Wildman–Crippen MR) is 74.2 cm³/mol. The average Bonchev–Trinajstić information content (AvgIpc) is 2.34. The van der Waals surface area contributed by atoms with Crippen molar-refractivity contribution in [2.75, 3.05) is 17.6 Å². The zero-order valence-electron chi connectivity index (χ0n) is 10.4. The van der Waals surface area contributed by atoms with Gasteiger partial charge in [-0.1, -0.05) is 18.2 Å². The monoisotopic (exact) mass is 244 g/mol. The molecular formula is C15H17FN2. The second-order valence-corrected chi connectivity index (χ2v) is 4.33. The van der Waals surface area contributed by atoms with Crippen molar-refractivity contribution in [3.05, 3.63) is 59.4 Å². The Morgan fingerprint density at radius 1 is 1.17 bits per heavy atom. The Hall–Kier alpha value is -2.03. The highest BCUT2D eigenvalue weighted by Crippen LogP contribution is 2.17. The first-order valence-electron chi connectivity index (χ1n) is 6.00. The molecule has 0 saturated carbocycles. The number of hydrogen-bond donors (Lipinski definition) is 2. The molecule has 0 amide bonds. The molecule has 3 N–H and O–H groups in total. The summed E-state index contributed by atoms with van der Waals surface area (Å²) in [6, 6.07) is 12.6. The van der Waals surface area contributed by atoms with Crippen molar-refractivity contribution in [1.82, 2.24) is 0 Å². The van der Waals surface area contributed by atoms with E-state index < -0.39 is 0 Å². The molecule has 0 spiro atoms. The van der Waals surface area contributed by atoms with Gasteiger partial charge in [0.2, 0.25) is 0 Å². The Labute approximate surface area is 107 Å². The number of nitrogens with one attached hydrogen (secondary N) is 1. The standard InChI is InChI=1S/C15H17FN2/c1-11-10-13(16)7-6-12(11)8-9-18-15-5-3-2-4-14(15)17/h2-7,10,18H,8-9,17H2,1H3. The van der Waals surface area contributed by atoms with Gasteiger partial charge in [0.05, 0.1) is 11.4 Å². The van der Waals surface area contributed by atoms with E-state index in [1.807, 2.05) is 37.3 Å². The van der Waals surface area contributed by atoms with Gasteiger partial charge in [-0.25, -0.2) is 4.39 Å². The largest absolute Gasteiger partial charge is 0.397 e. The fraction of sp³-hybridized carbons (Fsp3) is 0.200. The first-order valence-corrected chi connectivity index (χ1v) is 6.00. The lowest BCUT2D eigenvalue weighted by atomic mass is 10.1. The van der Waals surface area contributed by atoms with Gasteiger partial charge in [0.1, 0.15) is 5.82 Å². The van der Waals surface area contributed by atoms with Crippen LogP contribution in [0.15, 0.2) is 42.5 Å². The number of nitrogen functional groups attached to an aromatic ring is 1. The van der Waals surface area contributed by atoms with Crippen LogP contribution in [-0.4, -0.2) is 6.54 Å². The molecule has 18 heavy (non-hydrogen) atoms. The fourth-order valence-electron chi connectivity index (χ4n) is 1.93. The molecule has 0 heterocycles. The molecule has 2 rings (SSSR count). The number of aryl methyl sites for hydroxylation is 1. The van der Waals surface area contributed by atoms with Crippen molar-refractivity contribution >= 4 is 11.4 Å². The van der Waals surface area contributed by atoms with Gasteiger partial charge in [-0.3, -0.25) is 0 Å². The number of benzene rings is 2. The lowest BCUT2D eigenvalue weighted by molar-refractivity contribution is 0.625. The summed E-state index contributed by atoms with van der Waals surface area (Å²) >= 11 is 0. The highest BCUT2D eigenvalue weighted by atomic mass is 19.1. The molecule has 0 bridgehead atoms. The summed E-state index contributed by atoms with van der Waals surface area (Å²) in [7, 11) is 0. The molecule has 2 nitrogen and oxygen atoms in total. The third kappa shape index (κ3) is 3.00. The molecule has 0 saturated heterocycles. The van der Waals surface area contributed by atoms with Crippen LogP contribution in [0.4, 0.5) is 15.8 Å². The average molecular weight is 244 g/mol. The summed E-state index contributed by atoms with van der Waals surface area (Å²) in [6.07, 6.45) is 0.848. The molecule has 0 unspecified atom stereocenters. The minimum atomic E-state index is -0.184. The molecule has 3 heteroatoms. The number of anilines is 2. The van der Waals surface area contributed by atoms with E-state index in [1.165, 1.54) is 6.07 Å². The third-order valence-electron chi connectivity index (χ3n) is 2.98. The molecule has 0 aliphatic rings. The van der Waals surface area contributed by atoms with Crippen molar-refractivity contribution in [3.8, 4) is 0 Å². The van der Waals surface area contributed by atoms with Gasteiger partial charge in [0, 0.05) is 6.54 Å². The summed E-state index contributed by atoms with van der Waals surface area (Å²) in [5.74, 6) is -0.184. The van der Waals surface area contributed by atoms with E-state index in [9.17, 15) is 4.39 Å². The Bertz CT molecular complexity index is 538. The molecule has 94 valence electrons. The Morgan fingerprint density at radius 3 is 2.67 bits per heavy atom. The summed E-state index contributed by atoms with van der Waals surface area (Å²) in [4.78, 5) is 0. The lowest BCUT2D eigenvalue weighted by Crippen LogP contribution is -2.07. The van der Waals surface area contributed by atoms with E-state index in [0.717, 1.165) is 35.5 Å². The van der Waals surface area contributed by atoms with E-state index in [1.54, 1.807) is 6.07 Å². The van der Waals surface area contributed by atoms with Crippen LogP contribution in [0.2, 0.25) is 0 Å². The van der Waals surface area contributed by atoms with Crippen molar-refractivity contribution in [2.24, 2.45) is 0 Å². The summed E-state index contributed by atoms with van der Waals surface area (Å²) in [5.41, 5.74) is 9.66. The zero-order valence-corrected chi connectivity index (χ0v) is 10.4. The molecule has 0 aromatic heterocycles. The Kier molecular flexibility index (Phi) is 3.82. The number of rotatable bonds is 4. The third-order valence-corrected chi connectivity index (χ3v) is 2.98. The van der Waals surface area contributed by atoms with Crippen LogP contribution in [0, 0.1) is 12.7 Å². The second kappa shape index (κ2) is 5.54. The van der Waals surface area contributed by atoms with Gasteiger partial charge >= 0.3 is 0 Å². The molecule has 0 aliphatic carbocycles. The van der Waals surface area contributed by atoms with Gasteiger partial charge in [0.25, 0.3) is 0 Å². The highest BCUT2D eigenvalue weighted by Gasteiger charge is 2.01. The van der Waals surface area contributed by atoms with Gasteiger partial charge in [-0.2, -0.15) is 0 Å². The van der Waals surface area contributed by atoms with E-state index in [2.05, 4.69) is 5.32 Å². The summed E-state index contributed by atoms with van der Waals surface area (Å²) in [6.45, 7) is 2.70. The van der Waals surface area contributed by atoms with Gasteiger partial charge < -0.3 is 11.1 Å². The number of hydrogen-bond acceptors (Lipinski definition) is 2. The van der Waals surface area contributed by atoms with Crippen molar-refractivity contribution in [3.63, 3.8) is 0 Å². The summed E-state index contributed by atoms with van der Waals surface area (Å²) in [5, 5.41) is 3.28. The maximum atomic E-state index is 13.0. The normalized spacial score (nSPS) is 10.3. The minimum absolute atomic E-state index is 0.184. The van der Waals surface area contributed by atoms with Crippen LogP contribution in [0.25, 0.3) is 0 Å². The topological polar surface area (TPSA) is 38.0 Å². The minimum Gasteiger partial charge on any atom is -0.397 e. The van der Waals surface area contributed by atoms with Crippen LogP contribution in [-0.2, 0) is 6.42 Å². The number of halogens is 1. The zero-order chi connectivity index (χ0) is 13.0. The van der Waals surface area contributed by atoms with Gasteiger partial charge in [0.15, 0.2) is 0 Å². The van der Waals surface area contributed by atoms with Crippen LogP contribution >= 0.6 is 0 Å². The Balaban J connectivity index is 1.95. The second-order valence-electron chi connectivity index (χ2n) is 4.33. The predicted octanol–water partition coefficient (Wildman–Crippen LogP) is 3.37. The van der Waals surface area contributed by atoms with Crippen molar-refractivity contribution in [1.29, 1.82) is 0 Å². The maximum absolute atomic E-state index is 13.0. The first-order chi connectivity index (χ1) is 8.66. The smallest absolute Gasteiger partial charge is 0.123 e. The van der Waals surface area contributed by atoms with E-state index in [0.29, 0.717) is 0 Å². The fourth-order valence-corrected chi connectivity index (χ4v) is 1.93.